The lowest BCUT2D eigenvalue weighted by Gasteiger charge is -2.23. The number of fused-ring (bicyclic) bond motifs is 2. The van der Waals surface area contributed by atoms with Crippen LogP contribution < -0.4 is 21.7 Å². The summed E-state index contributed by atoms with van der Waals surface area (Å²) in [6.45, 7) is 4.88. The van der Waals surface area contributed by atoms with Crippen LogP contribution >= 0.6 is 11.6 Å². The van der Waals surface area contributed by atoms with Crippen molar-refractivity contribution in [2.75, 3.05) is 25.0 Å². The first kappa shape index (κ1) is 25.6. The molecule has 0 aliphatic carbocycles. The van der Waals surface area contributed by atoms with Crippen LogP contribution in [0.3, 0.4) is 0 Å². The summed E-state index contributed by atoms with van der Waals surface area (Å²) in [5.41, 5.74) is 11.2. The van der Waals surface area contributed by atoms with E-state index in [4.69, 9.17) is 22.3 Å². The highest BCUT2D eigenvalue weighted by Gasteiger charge is 2.25. The van der Waals surface area contributed by atoms with Gasteiger partial charge in [-0.25, -0.2) is 9.38 Å². The van der Waals surface area contributed by atoms with Gasteiger partial charge in [0.15, 0.2) is 0 Å². The molecule has 1 amide bonds. The first-order chi connectivity index (χ1) is 18.2. The average Bonchev–Trinajstić information content (AvgIpc) is 3.04. The monoisotopic (exact) mass is 530 g/mol. The molecular weight excluding hydrogens is 503 g/mol. The maximum atomic E-state index is 14.7. The van der Waals surface area contributed by atoms with Gasteiger partial charge >= 0.3 is 0 Å². The zero-order valence-corrected chi connectivity index (χ0v) is 21.9. The highest BCUT2D eigenvalue weighted by molar-refractivity contribution is 6.31. The van der Waals surface area contributed by atoms with E-state index in [0.29, 0.717) is 47.5 Å². The second-order valence-electron chi connectivity index (χ2n) is 9.98. The van der Waals surface area contributed by atoms with Gasteiger partial charge < -0.3 is 21.7 Å². The molecule has 0 radical (unpaired) electrons. The number of rotatable bonds is 5. The number of aliphatic imine (C=N–C) groups is 2. The zero-order chi connectivity index (χ0) is 26.9. The molecule has 38 heavy (non-hydrogen) atoms. The third-order valence-electron chi connectivity index (χ3n) is 6.20. The summed E-state index contributed by atoms with van der Waals surface area (Å²) >= 11 is 6.35. The number of hydrogen-bond acceptors (Lipinski definition) is 6. The number of nitrogens with one attached hydrogen (secondary N) is 3. The van der Waals surface area contributed by atoms with Crippen molar-refractivity contribution in [1.29, 1.82) is 0 Å². The quantitative estimate of drug-likeness (QED) is 0.387. The molecule has 5 rings (SSSR count). The number of hydrogen-bond donors (Lipinski definition) is 4. The van der Waals surface area contributed by atoms with E-state index < -0.39 is 5.54 Å². The Morgan fingerprint density at radius 1 is 1.03 bits per heavy atom. The maximum Gasteiger partial charge on any atom is 0.251 e. The Balaban J connectivity index is 1.35. The standard InChI is InChI=1S/C29H28ClFN6O/c1-29(2,32)16-35-27(38)17-7-10-20(11-8-17)36-28-34-15-18-14-33-26(22-5-3-4-6-24(22)31)23-13-19(30)9-12-21(23)25(18)37-28/h3-13H,14-16,32H2,1-2H3,(H,35,38)(H2,34,36,37). The van der Waals surface area contributed by atoms with Gasteiger partial charge in [-0.3, -0.25) is 9.79 Å². The smallest absolute Gasteiger partial charge is 0.251 e. The van der Waals surface area contributed by atoms with Crippen molar-refractivity contribution in [3.8, 4) is 0 Å². The fourth-order valence-electron chi connectivity index (χ4n) is 4.28. The molecule has 3 aromatic rings. The van der Waals surface area contributed by atoms with Gasteiger partial charge in [0.2, 0.25) is 5.96 Å². The molecule has 0 aromatic heterocycles. The minimum absolute atomic E-state index is 0.183. The van der Waals surface area contributed by atoms with Crippen molar-refractivity contribution < 1.29 is 9.18 Å². The van der Waals surface area contributed by atoms with Gasteiger partial charge in [-0.05, 0) is 68.0 Å². The Hall–Kier alpha value is -4.01. The van der Waals surface area contributed by atoms with E-state index in [9.17, 15) is 9.18 Å². The van der Waals surface area contributed by atoms with Crippen molar-refractivity contribution in [3.63, 3.8) is 0 Å². The molecule has 0 fully saturated rings. The number of guanidine groups is 1. The third-order valence-corrected chi connectivity index (χ3v) is 6.44. The van der Waals surface area contributed by atoms with E-state index in [1.807, 2.05) is 44.2 Å². The fraction of sp³-hybridized carbons (Fsp3) is 0.207. The lowest BCUT2D eigenvalue weighted by atomic mass is 9.94. The molecule has 2 aliphatic rings. The highest BCUT2D eigenvalue weighted by Crippen LogP contribution is 2.31. The lowest BCUT2D eigenvalue weighted by molar-refractivity contribution is 0.0946. The number of anilines is 1. The highest BCUT2D eigenvalue weighted by atomic mass is 35.5. The Morgan fingerprint density at radius 2 is 1.76 bits per heavy atom. The van der Waals surface area contributed by atoms with Crippen molar-refractivity contribution >= 4 is 40.6 Å². The lowest BCUT2D eigenvalue weighted by Crippen LogP contribution is -2.45. The van der Waals surface area contributed by atoms with Crippen LogP contribution in [0.4, 0.5) is 10.1 Å². The predicted octanol–water partition coefficient (Wildman–Crippen LogP) is 4.58. The zero-order valence-electron chi connectivity index (χ0n) is 21.1. The number of carbonyl (C=O) groups excluding carboxylic acids is 1. The molecule has 0 atom stereocenters. The Bertz CT molecular complexity index is 1490. The SMILES string of the molecule is CC(C)(N)CNC(=O)c1ccc(NC2=NCC3=C(N2)c2ccc(Cl)cc2C(c2ccccc2F)=NC3)cc1. The molecule has 0 unspecified atom stereocenters. The minimum atomic E-state index is -0.488. The van der Waals surface area contributed by atoms with Gasteiger partial charge in [-0.2, -0.15) is 0 Å². The van der Waals surface area contributed by atoms with E-state index >= 15 is 0 Å². The van der Waals surface area contributed by atoms with Crippen molar-refractivity contribution in [2.24, 2.45) is 15.7 Å². The fourth-order valence-corrected chi connectivity index (χ4v) is 4.45. The summed E-state index contributed by atoms with van der Waals surface area (Å²) in [7, 11) is 0. The number of nitrogens with two attached hydrogens (primary N) is 1. The Morgan fingerprint density at radius 3 is 2.50 bits per heavy atom. The maximum absolute atomic E-state index is 14.7. The van der Waals surface area contributed by atoms with E-state index in [-0.39, 0.29) is 11.7 Å². The first-order valence-corrected chi connectivity index (χ1v) is 12.6. The molecule has 5 N–H and O–H groups in total. The molecule has 2 heterocycles. The van der Waals surface area contributed by atoms with Crippen molar-refractivity contribution in [2.45, 2.75) is 19.4 Å². The molecular formula is C29H28ClFN6O. The summed E-state index contributed by atoms with van der Waals surface area (Å²) in [6, 6.07) is 19.3. The van der Waals surface area contributed by atoms with Crippen LogP contribution in [0.25, 0.3) is 5.70 Å². The predicted molar refractivity (Wildman–Crippen MR) is 151 cm³/mol. The summed E-state index contributed by atoms with van der Waals surface area (Å²) in [6.07, 6.45) is 0. The number of halogens is 2. The second-order valence-corrected chi connectivity index (χ2v) is 10.4. The summed E-state index contributed by atoms with van der Waals surface area (Å²) < 4.78 is 14.7. The van der Waals surface area contributed by atoms with Crippen LogP contribution in [0.1, 0.15) is 40.9 Å². The van der Waals surface area contributed by atoms with Gasteiger partial charge in [-0.15, -0.1) is 0 Å². The normalized spacial score (nSPS) is 14.9. The first-order valence-electron chi connectivity index (χ1n) is 12.3. The van der Waals surface area contributed by atoms with Gasteiger partial charge in [-0.1, -0.05) is 29.8 Å². The van der Waals surface area contributed by atoms with Crippen molar-refractivity contribution in [1.82, 2.24) is 10.6 Å². The number of benzene rings is 3. The molecule has 0 spiro atoms. The molecule has 9 heteroatoms. The largest absolute Gasteiger partial charge is 0.350 e. The van der Waals surface area contributed by atoms with Crippen molar-refractivity contribution in [3.05, 3.63) is 105 Å². The topological polar surface area (TPSA) is 104 Å². The van der Waals surface area contributed by atoms with Crippen LogP contribution in [0.15, 0.2) is 82.3 Å². The molecule has 0 bridgehead atoms. The van der Waals surface area contributed by atoms with Crippen LogP contribution in [0.2, 0.25) is 5.02 Å². The molecule has 0 saturated carbocycles. The van der Waals surface area contributed by atoms with Crippen LogP contribution in [0, 0.1) is 5.82 Å². The Kier molecular flexibility index (Phi) is 7.01. The van der Waals surface area contributed by atoms with Crippen LogP contribution in [-0.4, -0.2) is 42.8 Å². The van der Waals surface area contributed by atoms with Gasteiger partial charge in [0, 0.05) is 45.0 Å². The van der Waals surface area contributed by atoms with Gasteiger partial charge in [0.1, 0.15) is 5.82 Å². The van der Waals surface area contributed by atoms with Crippen LogP contribution in [0.5, 0.6) is 0 Å². The van der Waals surface area contributed by atoms with E-state index in [1.165, 1.54) is 6.07 Å². The molecule has 2 aliphatic heterocycles. The van der Waals surface area contributed by atoms with E-state index in [2.05, 4.69) is 20.9 Å². The number of amides is 1. The number of carbonyl (C=O) groups is 1. The Labute approximate surface area is 225 Å². The summed E-state index contributed by atoms with van der Waals surface area (Å²) in [5, 5.41) is 10.1. The molecule has 7 nitrogen and oxygen atoms in total. The van der Waals surface area contributed by atoms with Gasteiger partial charge in [0.05, 0.1) is 24.5 Å². The third kappa shape index (κ3) is 5.61. The number of nitrogens with zero attached hydrogens (tertiary/aromatic N) is 2. The summed E-state index contributed by atoms with van der Waals surface area (Å²) in [5.74, 6) is 0.0333. The second kappa shape index (κ2) is 10.4. The average molecular weight is 531 g/mol. The molecule has 3 aromatic carbocycles. The van der Waals surface area contributed by atoms with E-state index in [1.54, 1.807) is 30.3 Å². The molecule has 0 saturated heterocycles. The summed E-state index contributed by atoms with van der Waals surface area (Å²) in [4.78, 5) is 21.8. The van der Waals surface area contributed by atoms with Gasteiger partial charge in [0.25, 0.3) is 5.91 Å². The minimum Gasteiger partial charge on any atom is -0.350 e. The van der Waals surface area contributed by atoms with E-state index in [0.717, 1.165) is 28.1 Å². The van der Waals surface area contributed by atoms with Crippen LogP contribution in [-0.2, 0) is 0 Å². The molecule has 194 valence electrons.